The van der Waals surface area contributed by atoms with Crippen LogP contribution in [0.15, 0.2) is 40.6 Å². The average Bonchev–Trinajstić information content (AvgIpc) is 2.36. The van der Waals surface area contributed by atoms with Crippen LogP contribution in [0.25, 0.3) is 0 Å². The van der Waals surface area contributed by atoms with E-state index in [1.165, 1.54) is 18.2 Å². The summed E-state index contributed by atoms with van der Waals surface area (Å²) < 4.78 is 50.6. The molecule has 0 saturated carbocycles. The second kappa shape index (κ2) is 6.72. The fourth-order valence-corrected chi connectivity index (χ4v) is 4.21. The van der Waals surface area contributed by atoms with Crippen LogP contribution in [0.3, 0.4) is 0 Å². The zero-order valence-electron chi connectivity index (χ0n) is 12.5. The lowest BCUT2D eigenvalue weighted by molar-refractivity contribution is 0.540. The maximum absolute atomic E-state index is 12.4. The van der Waals surface area contributed by atoms with Crippen LogP contribution in [0.4, 0.5) is 0 Å². The van der Waals surface area contributed by atoms with Crippen molar-refractivity contribution in [3.05, 3.63) is 36.4 Å². The van der Waals surface area contributed by atoms with Gasteiger partial charge in [-0.3, -0.25) is 0 Å². The van der Waals surface area contributed by atoms with E-state index in [1.807, 2.05) is 6.92 Å². The van der Waals surface area contributed by atoms with E-state index in [0.717, 1.165) is 6.26 Å². The molecule has 0 aliphatic rings. The predicted octanol–water partition coefficient (Wildman–Crippen LogP) is 2.03. The Bertz CT molecular complexity index is 721. The fraction of sp³-hybridized carbons (Fsp3) is 0.429. The maximum atomic E-state index is 12.4. The molecule has 1 aromatic carbocycles. The van der Waals surface area contributed by atoms with Crippen LogP contribution in [-0.4, -0.2) is 29.1 Å². The van der Waals surface area contributed by atoms with Crippen LogP contribution < -0.4 is 4.72 Å². The van der Waals surface area contributed by atoms with Gasteiger partial charge in [0.2, 0.25) is 10.0 Å². The molecule has 0 aliphatic heterocycles. The van der Waals surface area contributed by atoms with Crippen molar-refractivity contribution in [3.8, 4) is 0 Å². The summed E-state index contributed by atoms with van der Waals surface area (Å²) in [6.07, 6.45) is 3.83. The summed E-state index contributed by atoms with van der Waals surface area (Å²) in [5.41, 5.74) is 0.503. The molecule has 1 atom stereocenters. The number of benzene rings is 1. The average molecular weight is 331 g/mol. The van der Waals surface area contributed by atoms with Gasteiger partial charge in [-0.15, -0.1) is 6.58 Å². The molecule has 1 aromatic rings. The smallest absolute Gasteiger partial charge is 0.224 e. The fourth-order valence-electron chi connectivity index (χ4n) is 1.88. The molecule has 21 heavy (non-hydrogen) atoms. The highest BCUT2D eigenvalue weighted by molar-refractivity contribution is 7.91. The Labute approximate surface area is 127 Å². The number of hydrogen-bond donors (Lipinski definition) is 1. The first-order chi connectivity index (χ1) is 9.61. The Morgan fingerprint density at radius 2 is 1.90 bits per heavy atom. The largest absolute Gasteiger partial charge is 0.241 e. The lowest BCUT2D eigenvalue weighted by Crippen LogP contribution is -2.34. The molecule has 7 heteroatoms. The van der Waals surface area contributed by atoms with Crippen LogP contribution in [0, 0.1) is 6.92 Å². The Hall–Kier alpha value is -1.18. The van der Waals surface area contributed by atoms with Crippen molar-refractivity contribution in [2.24, 2.45) is 0 Å². The SMILES string of the molecule is C=CC[C@@H](CC)NS(=O)(=O)c1cc(S(C)(=O)=O)ccc1C. The Morgan fingerprint density at radius 3 is 2.38 bits per heavy atom. The third-order valence-corrected chi connectivity index (χ3v) is 5.92. The monoisotopic (exact) mass is 331 g/mol. The molecule has 0 spiro atoms. The Kier molecular flexibility index (Phi) is 5.72. The minimum Gasteiger partial charge on any atom is -0.224 e. The first kappa shape index (κ1) is 17.9. The number of aryl methyl sites for hydroxylation is 1. The normalized spacial score (nSPS) is 13.9. The molecule has 1 rings (SSSR count). The highest BCUT2D eigenvalue weighted by Gasteiger charge is 2.22. The number of hydrogen-bond acceptors (Lipinski definition) is 4. The molecular formula is C14H21NO4S2. The maximum Gasteiger partial charge on any atom is 0.241 e. The number of rotatable bonds is 7. The van der Waals surface area contributed by atoms with Gasteiger partial charge in [0, 0.05) is 12.3 Å². The van der Waals surface area contributed by atoms with Gasteiger partial charge in [-0.1, -0.05) is 19.1 Å². The van der Waals surface area contributed by atoms with Crippen molar-refractivity contribution in [2.75, 3.05) is 6.26 Å². The van der Waals surface area contributed by atoms with Gasteiger partial charge < -0.3 is 0 Å². The molecule has 0 unspecified atom stereocenters. The van der Waals surface area contributed by atoms with Crippen molar-refractivity contribution in [1.29, 1.82) is 0 Å². The minimum atomic E-state index is -3.77. The number of sulfone groups is 1. The molecule has 0 aliphatic carbocycles. The second-order valence-corrected chi connectivity index (χ2v) is 8.65. The topological polar surface area (TPSA) is 80.3 Å². The van der Waals surface area contributed by atoms with Gasteiger partial charge in [0.05, 0.1) is 9.79 Å². The molecule has 0 fully saturated rings. The van der Waals surface area contributed by atoms with Crippen LogP contribution in [0.5, 0.6) is 0 Å². The molecule has 0 saturated heterocycles. The predicted molar refractivity (Wildman–Crippen MR) is 83.5 cm³/mol. The highest BCUT2D eigenvalue weighted by atomic mass is 32.2. The van der Waals surface area contributed by atoms with Crippen LogP contribution in [0.2, 0.25) is 0 Å². The van der Waals surface area contributed by atoms with E-state index in [1.54, 1.807) is 13.0 Å². The quantitative estimate of drug-likeness (QED) is 0.775. The first-order valence-electron chi connectivity index (χ1n) is 6.55. The minimum absolute atomic E-state index is 0.00654. The first-order valence-corrected chi connectivity index (χ1v) is 9.93. The standard InChI is InChI=1S/C14H21NO4S2/c1-5-7-12(6-2)15-21(18,19)14-10-13(20(4,16)17)9-8-11(14)3/h5,8-10,12,15H,1,6-7H2,2-4H3/t12-/m1/s1. The van der Waals surface area contributed by atoms with Gasteiger partial charge in [0.25, 0.3) is 0 Å². The van der Waals surface area contributed by atoms with Gasteiger partial charge in [-0.25, -0.2) is 21.6 Å². The number of sulfonamides is 1. The molecule has 118 valence electrons. The molecule has 0 heterocycles. The molecule has 5 nitrogen and oxygen atoms in total. The third-order valence-electron chi connectivity index (χ3n) is 3.14. The zero-order valence-corrected chi connectivity index (χ0v) is 14.1. The van der Waals surface area contributed by atoms with Crippen LogP contribution in [-0.2, 0) is 19.9 Å². The molecular weight excluding hydrogens is 310 g/mol. The molecule has 0 bridgehead atoms. The van der Waals surface area contributed by atoms with E-state index < -0.39 is 19.9 Å². The van der Waals surface area contributed by atoms with Gasteiger partial charge >= 0.3 is 0 Å². The second-order valence-electron chi connectivity index (χ2n) is 4.95. The van der Waals surface area contributed by atoms with Gasteiger partial charge in [0.15, 0.2) is 9.84 Å². The van der Waals surface area contributed by atoms with Crippen molar-refractivity contribution in [1.82, 2.24) is 4.72 Å². The summed E-state index contributed by atoms with van der Waals surface area (Å²) in [6, 6.07) is 3.85. The lowest BCUT2D eigenvalue weighted by atomic mass is 10.2. The van der Waals surface area contributed by atoms with Crippen molar-refractivity contribution in [2.45, 2.75) is 42.5 Å². The lowest BCUT2D eigenvalue weighted by Gasteiger charge is -2.17. The molecule has 1 N–H and O–H groups in total. The van der Waals surface area contributed by atoms with Crippen LogP contribution in [0.1, 0.15) is 25.3 Å². The van der Waals surface area contributed by atoms with E-state index in [9.17, 15) is 16.8 Å². The highest BCUT2D eigenvalue weighted by Crippen LogP contribution is 2.21. The van der Waals surface area contributed by atoms with Gasteiger partial charge in [-0.05, 0) is 37.5 Å². The Morgan fingerprint density at radius 1 is 1.29 bits per heavy atom. The summed E-state index contributed by atoms with van der Waals surface area (Å²) in [5.74, 6) is 0. The summed E-state index contributed by atoms with van der Waals surface area (Å²) in [4.78, 5) is -0.0156. The van der Waals surface area contributed by atoms with Gasteiger partial charge in [0.1, 0.15) is 0 Å². The number of nitrogens with one attached hydrogen (secondary N) is 1. The van der Waals surface area contributed by atoms with Crippen molar-refractivity contribution in [3.63, 3.8) is 0 Å². The summed E-state index contributed by atoms with van der Waals surface area (Å²) in [7, 11) is -7.22. The Balaban J connectivity index is 3.28. The van der Waals surface area contributed by atoms with E-state index in [0.29, 0.717) is 18.4 Å². The van der Waals surface area contributed by atoms with E-state index in [-0.39, 0.29) is 15.8 Å². The third kappa shape index (κ3) is 4.66. The molecule has 0 radical (unpaired) electrons. The van der Waals surface area contributed by atoms with Crippen molar-refractivity contribution < 1.29 is 16.8 Å². The summed E-state index contributed by atoms with van der Waals surface area (Å²) in [6.45, 7) is 7.11. The zero-order chi connectivity index (χ0) is 16.3. The molecule has 0 amide bonds. The van der Waals surface area contributed by atoms with Crippen molar-refractivity contribution >= 4 is 19.9 Å². The van der Waals surface area contributed by atoms with E-state index in [4.69, 9.17) is 0 Å². The van der Waals surface area contributed by atoms with E-state index in [2.05, 4.69) is 11.3 Å². The summed E-state index contributed by atoms with van der Waals surface area (Å²) >= 11 is 0. The van der Waals surface area contributed by atoms with Crippen LogP contribution >= 0.6 is 0 Å². The van der Waals surface area contributed by atoms with Gasteiger partial charge in [-0.2, -0.15) is 0 Å². The van der Waals surface area contributed by atoms with E-state index >= 15 is 0 Å². The summed E-state index contributed by atoms with van der Waals surface area (Å²) in [5, 5.41) is 0. The molecule has 0 aromatic heterocycles.